The summed E-state index contributed by atoms with van der Waals surface area (Å²) in [5.74, 6) is 0.112. The second kappa shape index (κ2) is 6.79. The Morgan fingerprint density at radius 1 is 1.31 bits per heavy atom. The molecule has 90 valence electrons. The standard InChI is InChI=1S/C13H21NOS/c1-11(15)6-7-13(12(2)16-3)10-14-8-4-5-9-14/h6-7,10,12H,4-5,8-9H2,1-3H3/b7-6-,13-10-. The summed E-state index contributed by atoms with van der Waals surface area (Å²) in [4.78, 5) is 13.3. The van der Waals surface area contributed by atoms with Gasteiger partial charge < -0.3 is 4.90 Å². The second-order valence-electron chi connectivity index (χ2n) is 4.19. The number of carbonyl (C=O) groups excluding carboxylic acids is 1. The van der Waals surface area contributed by atoms with Gasteiger partial charge in [0.05, 0.1) is 0 Å². The van der Waals surface area contributed by atoms with Crippen LogP contribution in [0.1, 0.15) is 26.7 Å². The molecule has 1 atom stereocenters. The maximum Gasteiger partial charge on any atom is 0.152 e. The van der Waals surface area contributed by atoms with Crippen molar-refractivity contribution < 1.29 is 4.79 Å². The van der Waals surface area contributed by atoms with Crippen molar-refractivity contribution in [3.8, 4) is 0 Å². The van der Waals surface area contributed by atoms with E-state index in [-0.39, 0.29) is 5.78 Å². The number of ketones is 1. The predicted octanol–water partition coefficient (Wildman–Crippen LogP) is 2.86. The fraction of sp³-hybridized carbons (Fsp3) is 0.615. The van der Waals surface area contributed by atoms with Gasteiger partial charge in [-0.1, -0.05) is 6.08 Å². The van der Waals surface area contributed by atoms with Gasteiger partial charge in [0.1, 0.15) is 0 Å². The lowest BCUT2D eigenvalue weighted by atomic mass is 10.2. The number of hydrogen-bond donors (Lipinski definition) is 0. The van der Waals surface area contributed by atoms with E-state index in [1.165, 1.54) is 18.4 Å². The highest BCUT2D eigenvalue weighted by Crippen LogP contribution is 2.19. The van der Waals surface area contributed by atoms with Crippen LogP contribution >= 0.6 is 11.8 Å². The maximum absolute atomic E-state index is 11.0. The Balaban J connectivity index is 2.72. The Hall–Kier alpha value is -0.700. The van der Waals surface area contributed by atoms with E-state index in [0.717, 1.165) is 13.1 Å². The highest BCUT2D eigenvalue weighted by molar-refractivity contribution is 7.99. The number of thioether (sulfide) groups is 1. The number of allylic oxidation sites excluding steroid dienone is 2. The average Bonchev–Trinajstić information content (AvgIpc) is 2.75. The first kappa shape index (κ1) is 13.4. The quantitative estimate of drug-likeness (QED) is 0.543. The van der Waals surface area contributed by atoms with Gasteiger partial charge in [-0.15, -0.1) is 0 Å². The zero-order valence-electron chi connectivity index (χ0n) is 10.4. The van der Waals surface area contributed by atoms with Crippen molar-refractivity contribution in [1.29, 1.82) is 0 Å². The molecular weight excluding hydrogens is 218 g/mol. The molecule has 16 heavy (non-hydrogen) atoms. The van der Waals surface area contributed by atoms with Gasteiger partial charge in [0.15, 0.2) is 5.78 Å². The molecule has 1 rings (SSSR count). The third kappa shape index (κ3) is 4.44. The molecular formula is C13H21NOS. The smallest absolute Gasteiger partial charge is 0.152 e. The number of rotatable bonds is 5. The molecule has 0 radical (unpaired) electrons. The number of carbonyl (C=O) groups is 1. The summed E-state index contributed by atoms with van der Waals surface area (Å²) in [5.41, 5.74) is 1.24. The zero-order valence-corrected chi connectivity index (χ0v) is 11.2. The Kier molecular flexibility index (Phi) is 5.67. The lowest BCUT2D eigenvalue weighted by molar-refractivity contribution is -0.112. The highest BCUT2D eigenvalue weighted by atomic mass is 32.2. The summed E-state index contributed by atoms with van der Waals surface area (Å²) in [6, 6.07) is 0. The van der Waals surface area contributed by atoms with Crippen LogP contribution in [0.15, 0.2) is 23.9 Å². The van der Waals surface area contributed by atoms with Gasteiger partial charge in [-0.3, -0.25) is 4.79 Å². The van der Waals surface area contributed by atoms with Crippen LogP contribution in [0.4, 0.5) is 0 Å². The molecule has 0 amide bonds. The van der Waals surface area contributed by atoms with Gasteiger partial charge in [-0.25, -0.2) is 0 Å². The lowest BCUT2D eigenvalue weighted by Gasteiger charge is -2.16. The second-order valence-corrected chi connectivity index (χ2v) is 5.37. The number of likely N-dealkylation sites (tertiary alicyclic amines) is 1. The molecule has 1 saturated heterocycles. The van der Waals surface area contributed by atoms with Crippen LogP contribution in [0, 0.1) is 0 Å². The summed E-state index contributed by atoms with van der Waals surface area (Å²) in [6.07, 6.45) is 10.5. The lowest BCUT2D eigenvalue weighted by Crippen LogP contribution is -2.14. The van der Waals surface area contributed by atoms with Crippen molar-refractivity contribution in [1.82, 2.24) is 4.90 Å². The molecule has 0 aromatic rings. The first-order valence-corrected chi connectivity index (χ1v) is 7.09. The fourth-order valence-electron chi connectivity index (χ4n) is 1.71. The summed E-state index contributed by atoms with van der Waals surface area (Å²) < 4.78 is 0. The SMILES string of the molecule is CSC(C)C(/C=C\C(C)=O)=C\N1CCCC1. The van der Waals surface area contributed by atoms with Gasteiger partial charge in [-0.2, -0.15) is 11.8 Å². The van der Waals surface area contributed by atoms with Gasteiger partial charge in [0.2, 0.25) is 0 Å². The van der Waals surface area contributed by atoms with Crippen molar-refractivity contribution >= 4 is 17.5 Å². The van der Waals surface area contributed by atoms with Gasteiger partial charge >= 0.3 is 0 Å². The third-order valence-corrected chi connectivity index (χ3v) is 3.79. The summed E-state index contributed by atoms with van der Waals surface area (Å²) in [6.45, 7) is 6.07. The molecule has 0 N–H and O–H groups in total. The normalized spacial score (nSPS) is 19.4. The minimum absolute atomic E-state index is 0.112. The van der Waals surface area contributed by atoms with Crippen LogP contribution in [-0.2, 0) is 4.79 Å². The van der Waals surface area contributed by atoms with E-state index in [1.807, 2.05) is 17.8 Å². The molecule has 3 heteroatoms. The summed E-state index contributed by atoms with van der Waals surface area (Å²) in [5, 5.41) is 0.441. The van der Waals surface area contributed by atoms with Crippen LogP contribution in [0.25, 0.3) is 0 Å². The van der Waals surface area contributed by atoms with E-state index >= 15 is 0 Å². The van der Waals surface area contributed by atoms with Gasteiger partial charge in [-0.05, 0) is 44.6 Å². The summed E-state index contributed by atoms with van der Waals surface area (Å²) >= 11 is 1.81. The minimum atomic E-state index is 0.112. The molecule has 2 nitrogen and oxygen atoms in total. The first-order valence-electron chi connectivity index (χ1n) is 5.80. The van der Waals surface area contributed by atoms with Crippen molar-refractivity contribution in [2.45, 2.75) is 31.9 Å². The first-order chi connectivity index (χ1) is 7.63. The van der Waals surface area contributed by atoms with E-state index in [0.29, 0.717) is 5.25 Å². The Labute approximate surface area is 103 Å². The third-order valence-electron chi connectivity index (χ3n) is 2.81. The Morgan fingerprint density at radius 2 is 1.94 bits per heavy atom. The predicted molar refractivity (Wildman–Crippen MR) is 71.7 cm³/mol. The summed E-state index contributed by atoms with van der Waals surface area (Å²) in [7, 11) is 0. The molecule has 0 spiro atoms. The van der Waals surface area contributed by atoms with Crippen LogP contribution in [0.2, 0.25) is 0 Å². The Bertz CT molecular complexity index is 290. The molecule has 0 bridgehead atoms. The zero-order chi connectivity index (χ0) is 12.0. The molecule has 1 fully saturated rings. The van der Waals surface area contributed by atoms with E-state index in [2.05, 4.69) is 24.3 Å². The van der Waals surface area contributed by atoms with Crippen molar-refractivity contribution in [3.63, 3.8) is 0 Å². The monoisotopic (exact) mass is 239 g/mol. The molecule has 1 aliphatic rings. The molecule has 1 heterocycles. The molecule has 0 saturated carbocycles. The topological polar surface area (TPSA) is 20.3 Å². The van der Waals surface area contributed by atoms with Crippen LogP contribution in [0.5, 0.6) is 0 Å². The van der Waals surface area contributed by atoms with Crippen LogP contribution in [-0.4, -0.2) is 35.3 Å². The van der Waals surface area contributed by atoms with Gasteiger partial charge in [0, 0.05) is 24.5 Å². The molecule has 1 unspecified atom stereocenters. The van der Waals surface area contributed by atoms with E-state index in [1.54, 1.807) is 13.0 Å². The molecule has 0 aromatic carbocycles. The fourth-order valence-corrected chi connectivity index (χ4v) is 2.13. The molecule has 1 aliphatic heterocycles. The van der Waals surface area contributed by atoms with Crippen LogP contribution < -0.4 is 0 Å². The number of nitrogens with zero attached hydrogens (tertiary/aromatic N) is 1. The largest absolute Gasteiger partial charge is 0.377 e. The van der Waals surface area contributed by atoms with E-state index in [4.69, 9.17) is 0 Å². The van der Waals surface area contributed by atoms with Crippen molar-refractivity contribution in [2.24, 2.45) is 0 Å². The number of hydrogen-bond acceptors (Lipinski definition) is 3. The van der Waals surface area contributed by atoms with E-state index in [9.17, 15) is 4.79 Å². The minimum Gasteiger partial charge on any atom is -0.377 e. The average molecular weight is 239 g/mol. The van der Waals surface area contributed by atoms with Crippen molar-refractivity contribution in [2.75, 3.05) is 19.3 Å². The Morgan fingerprint density at radius 3 is 2.44 bits per heavy atom. The van der Waals surface area contributed by atoms with Gasteiger partial charge in [0.25, 0.3) is 0 Å². The maximum atomic E-state index is 11.0. The highest BCUT2D eigenvalue weighted by Gasteiger charge is 2.11. The van der Waals surface area contributed by atoms with Crippen LogP contribution in [0.3, 0.4) is 0 Å². The molecule has 0 aliphatic carbocycles. The van der Waals surface area contributed by atoms with Crippen molar-refractivity contribution in [3.05, 3.63) is 23.9 Å². The van der Waals surface area contributed by atoms with E-state index < -0.39 is 0 Å². The molecule has 0 aromatic heterocycles.